The molecule has 0 fully saturated rings. The van der Waals surface area contributed by atoms with Crippen molar-refractivity contribution < 1.29 is 4.79 Å². The Kier molecular flexibility index (Phi) is 4.03. The van der Waals surface area contributed by atoms with E-state index in [9.17, 15) is 4.79 Å². The van der Waals surface area contributed by atoms with Gasteiger partial charge in [-0.3, -0.25) is 10.3 Å². The van der Waals surface area contributed by atoms with Gasteiger partial charge in [-0.15, -0.1) is 0 Å². The molecule has 0 saturated heterocycles. The Morgan fingerprint density at radius 1 is 1.47 bits per heavy atom. The highest BCUT2D eigenvalue weighted by atomic mass is 32.2. The van der Waals surface area contributed by atoms with Gasteiger partial charge in [0.05, 0.1) is 6.54 Å². The van der Waals surface area contributed by atoms with E-state index in [0.29, 0.717) is 11.7 Å². The molecule has 2 N–H and O–H groups in total. The van der Waals surface area contributed by atoms with Crippen molar-refractivity contribution >= 4 is 23.0 Å². The third-order valence-electron chi connectivity index (χ3n) is 2.51. The average Bonchev–Trinajstić information content (AvgIpc) is 2.81. The number of hydrogen-bond acceptors (Lipinski definition) is 3. The fraction of sp³-hybridized carbons (Fsp3) is 0.333. The van der Waals surface area contributed by atoms with Crippen LogP contribution in [0, 0.1) is 6.92 Å². The molecule has 1 heterocycles. The summed E-state index contributed by atoms with van der Waals surface area (Å²) in [5, 5.41) is 6.27. The highest BCUT2D eigenvalue weighted by molar-refractivity contribution is 8.14. The monoisotopic (exact) mass is 249 g/mol. The van der Waals surface area contributed by atoms with E-state index in [0.717, 1.165) is 17.9 Å². The molecule has 90 valence electrons. The van der Waals surface area contributed by atoms with E-state index < -0.39 is 0 Å². The number of carbonyl (C=O) groups excluding carboxylic acids is 1. The lowest BCUT2D eigenvalue weighted by atomic mass is 10.1. The smallest absolute Gasteiger partial charge is 0.321 e. The van der Waals surface area contributed by atoms with Crippen LogP contribution in [0.15, 0.2) is 29.3 Å². The molecule has 5 heteroatoms. The van der Waals surface area contributed by atoms with Gasteiger partial charge in [-0.2, -0.15) is 0 Å². The quantitative estimate of drug-likeness (QED) is 0.841. The molecule has 0 bridgehead atoms. The molecule has 0 unspecified atom stereocenters. The SMILES string of the molecule is Cc1ccccc1CNC(=O)NC1=NCCS1. The first-order valence-corrected chi connectivity index (χ1v) is 6.51. The molecule has 2 rings (SSSR count). The van der Waals surface area contributed by atoms with Crippen LogP contribution in [-0.4, -0.2) is 23.5 Å². The number of hydrogen-bond donors (Lipinski definition) is 2. The Morgan fingerprint density at radius 3 is 3.00 bits per heavy atom. The van der Waals surface area contributed by atoms with Gasteiger partial charge in [0.1, 0.15) is 0 Å². The fourth-order valence-electron chi connectivity index (χ4n) is 1.54. The third-order valence-corrected chi connectivity index (χ3v) is 3.40. The van der Waals surface area contributed by atoms with Crippen molar-refractivity contribution in [3.05, 3.63) is 35.4 Å². The summed E-state index contributed by atoms with van der Waals surface area (Å²) < 4.78 is 0. The van der Waals surface area contributed by atoms with E-state index in [1.165, 1.54) is 5.56 Å². The summed E-state index contributed by atoms with van der Waals surface area (Å²) in [4.78, 5) is 15.7. The van der Waals surface area contributed by atoms with Gasteiger partial charge in [0.25, 0.3) is 0 Å². The molecule has 0 aliphatic carbocycles. The predicted octanol–water partition coefficient (Wildman–Crippen LogP) is 1.90. The number of nitrogens with one attached hydrogen (secondary N) is 2. The van der Waals surface area contributed by atoms with Crippen LogP contribution in [0.4, 0.5) is 4.79 Å². The van der Waals surface area contributed by atoms with Crippen molar-refractivity contribution in [3.8, 4) is 0 Å². The summed E-state index contributed by atoms with van der Waals surface area (Å²) in [7, 11) is 0. The molecule has 0 spiro atoms. The van der Waals surface area contributed by atoms with Gasteiger partial charge in [-0.1, -0.05) is 36.0 Å². The van der Waals surface area contributed by atoms with E-state index in [4.69, 9.17) is 0 Å². The molecular weight excluding hydrogens is 234 g/mol. The van der Waals surface area contributed by atoms with Crippen molar-refractivity contribution in [2.45, 2.75) is 13.5 Å². The van der Waals surface area contributed by atoms with Gasteiger partial charge in [0, 0.05) is 12.3 Å². The van der Waals surface area contributed by atoms with Gasteiger partial charge in [-0.25, -0.2) is 4.79 Å². The summed E-state index contributed by atoms with van der Waals surface area (Å²) >= 11 is 1.57. The molecule has 1 aliphatic rings. The first-order valence-electron chi connectivity index (χ1n) is 5.52. The number of aliphatic imine (C=N–C) groups is 1. The van der Waals surface area contributed by atoms with Gasteiger partial charge in [0.15, 0.2) is 5.17 Å². The van der Waals surface area contributed by atoms with Gasteiger partial charge in [0.2, 0.25) is 0 Å². The van der Waals surface area contributed by atoms with Crippen molar-refractivity contribution in [1.82, 2.24) is 10.6 Å². The molecule has 17 heavy (non-hydrogen) atoms. The van der Waals surface area contributed by atoms with Gasteiger partial charge >= 0.3 is 6.03 Å². The second-order valence-corrected chi connectivity index (χ2v) is 4.85. The van der Waals surface area contributed by atoms with Gasteiger partial charge in [-0.05, 0) is 18.1 Å². The van der Waals surface area contributed by atoms with Gasteiger partial charge < -0.3 is 5.32 Å². The van der Waals surface area contributed by atoms with Crippen LogP contribution in [0.5, 0.6) is 0 Å². The Hall–Kier alpha value is -1.49. The van der Waals surface area contributed by atoms with Crippen LogP contribution in [0.1, 0.15) is 11.1 Å². The number of amides is 2. The fourth-order valence-corrected chi connectivity index (χ4v) is 2.26. The minimum atomic E-state index is -0.193. The predicted molar refractivity (Wildman–Crippen MR) is 71.3 cm³/mol. The van der Waals surface area contributed by atoms with Crippen LogP contribution in [-0.2, 0) is 6.54 Å². The number of benzene rings is 1. The molecular formula is C12H15N3OS. The minimum absolute atomic E-state index is 0.193. The standard InChI is InChI=1S/C12H15N3OS/c1-9-4-2-3-5-10(9)8-14-11(16)15-12-13-6-7-17-12/h2-5H,6-8H2,1H3,(H2,13,14,15,16). The average molecular weight is 249 g/mol. The Labute approximate surface area is 105 Å². The maximum Gasteiger partial charge on any atom is 0.321 e. The summed E-state index contributed by atoms with van der Waals surface area (Å²) in [6.07, 6.45) is 0. The lowest BCUT2D eigenvalue weighted by Crippen LogP contribution is -2.37. The molecule has 4 nitrogen and oxygen atoms in total. The molecule has 0 atom stereocenters. The summed E-state index contributed by atoms with van der Waals surface area (Å²) in [5.41, 5.74) is 2.31. The number of nitrogens with zero attached hydrogens (tertiary/aromatic N) is 1. The molecule has 1 aliphatic heterocycles. The highest BCUT2D eigenvalue weighted by Gasteiger charge is 2.10. The maximum atomic E-state index is 11.6. The van der Waals surface area contributed by atoms with E-state index in [1.807, 2.05) is 31.2 Å². The van der Waals surface area contributed by atoms with E-state index in [2.05, 4.69) is 15.6 Å². The van der Waals surface area contributed by atoms with Crippen LogP contribution < -0.4 is 10.6 Å². The summed E-state index contributed by atoms with van der Waals surface area (Å²) in [6.45, 7) is 3.36. The Balaban J connectivity index is 1.82. The van der Waals surface area contributed by atoms with Crippen molar-refractivity contribution in [3.63, 3.8) is 0 Å². The molecule has 0 aromatic heterocycles. The lowest BCUT2D eigenvalue weighted by Gasteiger charge is -2.08. The molecule has 0 radical (unpaired) electrons. The summed E-state index contributed by atoms with van der Waals surface area (Å²) in [5.74, 6) is 0.952. The number of rotatable bonds is 2. The van der Waals surface area contributed by atoms with Crippen molar-refractivity contribution in [1.29, 1.82) is 0 Å². The number of thioether (sulfide) groups is 1. The number of urea groups is 1. The van der Waals surface area contributed by atoms with Crippen LogP contribution in [0.3, 0.4) is 0 Å². The second-order valence-electron chi connectivity index (χ2n) is 3.77. The zero-order valence-corrected chi connectivity index (χ0v) is 10.5. The molecule has 1 aromatic rings. The molecule has 0 saturated carbocycles. The largest absolute Gasteiger partial charge is 0.334 e. The molecule has 2 amide bonds. The third kappa shape index (κ3) is 3.49. The zero-order valence-electron chi connectivity index (χ0n) is 9.69. The van der Waals surface area contributed by atoms with Crippen LogP contribution >= 0.6 is 11.8 Å². The lowest BCUT2D eigenvalue weighted by molar-refractivity contribution is 0.245. The number of aryl methyl sites for hydroxylation is 1. The number of amidine groups is 1. The normalized spacial score (nSPS) is 14.3. The zero-order chi connectivity index (χ0) is 12.1. The topological polar surface area (TPSA) is 53.5 Å². The van der Waals surface area contributed by atoms with Crippen molar-refractivity contribution in [2.24, 2.45) is 4.99 Å². The number of carbonyl (C=O) groups is 1. The Morgan fingerprint density at radius 2 is 2.29 bits per heavy atom. The van der Waals surface area contributed by atoms with E-state index in [-0.39, 0.29) is 6.03 Å². The summed E-state index contributed by atoms with van der Waals surface area (Å²) in [6, 6.07) is 7.81. The Bertz CT molecular complexity index is 445. The van der Waals surface area contributed by atoms with Crippen molar-refractivity contribution in [2.75, 3.05) is 12.3 Å². The first-order chi connectivity index (χ1) is 8.25. The van der Waals surface area contributed by atoms with Crippen LogP contribution in [0.25, 0.3) is 0 Å². The first kappa shape index (κ1) is 12.0. The maximum absolute atomic E-state index is 11.6. The van der Waals surface area contributed by atoms with E-state index >= 15 is 0 Å². The molecule has 1 aromatic carbocycles. The minimum Gasteiger partial charge on any atom is -0.334 e. The second kappa shape index (κ2) is 5.72. The highest BCUT2D eigenvalue weighted by Crippen LogP contribution is 2.09. The van der Waals surface area contributed by atoms with Crippen LogP contribution in [0.2, 0.25) is 0 Å². The van der Waals surface area contributed by atoms with E-state index in [1.54, 1.807) is 11.8 Å².